The number of hydrogen-bond acceptors (Lipinski definition) is 3. The second-order valence-corrected chi connectivity index (χ2v) is 3.71. The molecule has 3 heteroatoms. The van der Waals surface area contributed by atoms with Crippen molar-refractivity contribution >= 4 is 0 Å². The summed E-state index contributed by atoms with van der Waals surface area (Å²) < 4.78 is 5.05. The van der Waals surface area contributed by atoms with Gasteiger partial charge >= 0.3 is 0 Å². The van der Waals surface area contributed by atoms with E-state index in [1.54, 1.807) is 7.11 Å². The van der Waals surface area contributed by atoms with Crippen LogP contribution >= 0.6 is 0 Å². The van der Waals surface area contributed by atoms with Crippen LogP contribution in [0.15, 0.2) is 0 Å². The number of methoxy groups -OCH3 is 1. The number of aliphatic hydroxyl groups excluding tert-OH is 1. The molecule has 0 radical (unpaired) electrons. The largest absolute Gasteiger partial charge is 0.395 e. The summed E-state index contributed by atoms with van der Waals surface area (Å²) in [5.74, 6) is 0. The average Bonchev–Trinajstić information content (AvgIpc) is 2.39. The maximum Gasteiger partial charge on any atom is 0.0589 e. The Hall–Kier alpha value is -0.120. The van der Waals surface area contributed by atoms with Gasteiger partial charge in [-0.3, -0.25) is 4.90 Å². The number of nitrogens with zero attached hydrogens (tertiary/aromatic N) is 1. The standard InChI is InChI=1S/C10H21NO2/c1-13-8-7-11-6-4-2-3-5-10(11)9-12/h10,12H,2-9H2,1H3. The summed E-state index contributed by atoms with van der Waals surface area (Å²) in [5, 5.41) is 9.20. The molecule has 1 unspecified atom stereocenters. The molecule has 1 heterocycles. The van der Waals surface area contributed by atoms with Crippen LogP contribution in [0.25, 0.3) is 0 Å². The van der Waals surface area contributed by atoms with E-state index in [1.165, 1.54) is 19.3 Å². The summed E-state index contributed by atoms with van der Waals surface area (Å²) in [6.45, 7) is 3.15. The molecule has 0 aliphatic carbocycles. The molecule has 1 N–H and O–H groups in total. The first-order valence-corrected chi connectivity index (χ1v) is 5.22. The van der Waals surface area contributed by atoms with E-state index >= 15 is 0 Å². The fraction of sp³-hybridized carbons (Fsp3) is 1.00. The Kier molecular flexibility index (Phi) is 5.35. The third-order valence-corrected chi connectivity index (χ3v) is 2.79. The Morgan fingerprint density at radius 1 is 1.38 bits per heavy atom. The van der Waals surface area contributed by atoms with Crippen molar-refractivity contribution in [2.24, 2.45) is 0 Å². The maximum absolute atomic E-state index is 9.20. The van der Waals surface area contributed by atoms with Crippen LogP contribution in [0.4, 0.5) is 0 Å². The summed E-state index contributed by atoms with van der Waals surface area (Å²) in [6, 6.07) is 0.373. The lowest BCUT2D eigenvalue weighted by atomic mass is 10.1. The molecule has 1 fully saturated rings. The van der Waals surface area contributed by atoms with Crippen molar-refractivity contribution in [2.45, 2.75) is 31.7 Å². The van der Waals surface area contributed by atoms with Gasteiger partial charge in [0.1, 0.15) is 0 Å². The number of likely N-dealkylation sites (tertiary alicyclic amines) is 1. The minimum absolute atomic E-state index is 0.295. The monoisotopic (exact) mass is 187 g/mol. The molecular formula is C10H21NO2. The molecule has 0 amide bonds. The molecule has 0 aromatic rings. The van der Waals surface area contributed by atoms with E-state index in [0.717, 1.165) is 26.1 Å². The highest BCUT2D eigenvalue weighted by atomic mass is 16.5. The fourth-order valence-corrected chi connectivity index (χ4v) is 1.95. The molecule has 0 aromatic carbocycles. The zero-order valence-corrected chi connectivity index (χ0v) is 8.54. The Morgan fingerprint density at radius 3 is 2.92 bits per heavy atom. The van der Waals surface area contributed by atoms with E-state index in [2.05, 4.69) is 4.90 Å². The molecule has 13 heavy (non-hydrogen) atoms. The first-order chi connectivity index (χ1) is 6.38. The van der Waals surface area contributed by atoms with Gasteiger partial charge in [0, 0.05) is 19.7 Å². The average molecular weight is 187 g/mol. The van der Waals surface area contributed by atoms with E-state index in [1.807, 2.05) is 0 Å². The lowest BCUT2D eigenvalue weighted by molar-refractivity contribution is 0.0885. The smallest absolute Gasteiger partial charge is 0.0589 e. The van der Waals surface area contributed by atoms with Gasteiger partial charge in [-0.2, -0.15) is 0 Å². The highest BCUT2D eigenvalue weighted by Gasteiger charge is 2.19. The zero-order chi connectivity index (χ0) is 9.52. The molecule has 78 valence electrons. The molecule has 1 saturated heterocycles. The molecule has 1 aliphatic heterocycles. The summed E-state index contributed by atoms with van der Waals surface area (Å²) in [4.78, 5) is 2.36. The molecule has 1 atom stereocenters. The van der Waals surface area contributed by atoms with Gasteiger partial charge in [-0.05, 0) is 19.4 Å². The number of ether oxygens (including phenoxy) is 1. The predicted molar refractivity (Wildman–Crippen MR) is 52.8 cm³/mol. The van der Waals surface area contributed by atoms with Crippen LogP contribution in [-0.2, 0) is 4.74 Å². The van der Waals surface area contributed by atoms with E-state index in [4.69, 9.17) is 4.74 Å². The molecular weight excluding hydrogens is 166 g/mol. The number of rotatable bonds is 4. The third kappa shape index (κ3) is 3.63. The molecule has 1 rings (SSSR count). The van der Waals surface area contributed by atoms with Crippen LogP contribution in [0.2, 0.25) is 0 Å². The Labute approximate surface area is 80.7 Å². The first-order valence-electron chi connectivity index (χ1n) is 5.22. The highest BCUT2D eigenvalue weighted by Crippen LogP contribution is 2.15. The van der Waals surface area contributed by atoms with Crippen LogP contribution in [0.3, 0.4) is 0 Å². The van der Waals surface area contributed by atoms with E-state index in [0.29, 0.717) is 12.6 Å². The quantitative estimate of drug-likeness (QED) is 0.709. The van der Waals surface area contributed by atoms with Gasteiger partial charge in [-0.1, -0.05) is 12.8 Å². The van der Waals surface area contributed by atoms with E-state index < -0.39 is 0 Å². The van der Waals surface area contributed by atoms with Gasteiger partial charge in [-0.15, -0.1) is 0 Å². The second kappa shape index (κ2) is 6.35. The molecule has 0 spiro atoms. The number of hydrogen-bond donors (Lipinski definition) is 1. The zero-order valence-electron chi connectivity index (χ0n) is 8.54. The maximum atomic E-state index is 9.20. The van der Waals surface area contributed by atoms with Crippen molar-refractivity contribution in [1.29, 1.82) is 0 Å². The van der Waals surface area contributed by atoms with Crippen molar-refractivity contribution in [3.05, 3.63) is 0 Å². The Balaban J connectivity index is 2.34. The van der Waals surface area contributed by atoms with Gasteiger partial charge in [0.25, 0.3) is 0 Å². The predicted octanol–water partition coefficient (Wildman–Crippen LogP) is 0.870. The van der Waals surface area contributed by atoms with Crippen LogP contribution in [0.1, 0.15) is 25.7 Å². The normalized spacial score (nSPS) is 25.8. The molecule has 0 saturated carbocycles. The fourth-order valence-electron chi connectivity index (χ4n) is 1.95. The molecule has 1 aliphatic rings. The van der Waals surface area contributed by atoms with Crippen LogP contribution < -0.4 is 0 Å². The van der Waals surface area contributed by atoms with Gasteiger partial charge in [0.2, 0.25) is 0 Å². The summed E-state index contributed by atoms with van der Waals surface area (Å²) in [5.41, 5.74) is 0. The first kappa shape index (κ1) is 11.0. The minimum Gasteiger partial charge on any atom is -0.395 e. The molecule has 3 nitrogen and oxygen atoms in total. The summed E-state index contributed by atoms with van der Waals surface area (Å²) >= 11 is 0. The van der Waals surface area contributed by atoms with Crippen LogP contribution in [0, 0.1) is 0 Å². The molecule has 0 aromatic heterocycles. The van der Waals surface area contributed by atoms with Crippen molar-refractivity contribution < 1.29 is 9.84 Å². The van der Waals surface area contributed by atoms with Gasteiger partial charge in [-0.25, -0.2) is 0 Å². The number of aliphatic hydroxyl groups is 1. The van der Waals surface area contributed by atoms with Crippen LogP contribution in [0.5, 0.6) is 0 Å². The van der Waals surface area contributed by atoms with Gasteiger partial charge < -0.3 is 9.84 Å². The van der Waals surface area contributed by atoms with Crippen molar-refractivity contribution in [3.8, 4) is 0 Å². The summed E-state index contributed by atoms with van der Waals surface area (Å²) in [6.07, 6.45) is 4.97. The van der Waals surface area contributed by atoms with Gasteiger partial charge in [0.15, 0.2) is 0 Å². The van der Waals surface area contributed by atoms with Gasteiger partial charge in [0.05, 0.1) is 13.2 Å². The minimum atomic E-state index is 0.295. The third-order valence-electron chi connectivity index (χ3n) is 2.79. The topological polar surface area (TPSA) is 32.7 Å². The SMILES string of the molecule is COCCN1CCCCCC1CO. The van der Waals surface area contributed by atoms with Crippen LogP contribution in [-0.4, -0.2) is 49.5 Å². The lowest BCUT2D eigenvalue weighted by Crippen LogP contribution is -2.39. The Morgan fingerprint density at radius 2 is 2.23 bits per heavy atom. The van der Waals surface area contributed by atoms with E-state index in [9.17, 15) is 5.11 Å². The van der Waals surface area contributed by atoms with Crippen molar-refractivity contribution in [2.75, 3.05) is 33.4 Å². The van der Waals surface area contributed by atoms with E-state index in [-0.39, 0.29) is 0 Å². The second-order valence-electron chi connectivity index (χ2n) is 3.71. The van der Waals surface area contributed by atoms with Crippen molar-refractivity contribution in [3.63, 3.8) is 0 Å². The van der Waals surface area contributed by atoms with Crippen molar-refractivity contribution in [1.82, 2.24) is 4.90 Å². The summed E-state index contributed by atoms with van der Waals surface area (Å²) in [7, 11) is 1.73. The highest BCUT2D eigenvalue weighted by molar-refractivity contribution is 4.74. The Bertz CT molecular complexity index is 130. The lowest BCUT2D eigenvalue weighted by Gasteiger charge is -2.27. The molecule has 0 bridgehead atoms.